The summed E-state index contributed by atoms with van der Waals surface area (Å²) in [6, 6.07) is 22.4. The predicted molar refractivity (Wildman–Crippen MR) is 172 cm³/mol. The minimum Gasteiger partial charge on any atom is -0.392 e. The molecule has 43 heavy (non-hydrogen) atoms. The van der Waals surface area contributed by atoms with Gasteiger partial charge in [-0.1, -0.05) is 53.7 Å². The Bertz CT molecular complexity index is 1690. The Morgan fingerprint density at radius 1 is 0.977 bits per heavy atom. The van der Waals surface area contributed by atoms with Gasteiger partial charge in [0.1, 0.15) is 11.8 Å². The molecule has 0 spiro atoms. The molecule has 12 heteroatoms. The summed E-state index contributed by atoms with van der Waals surface area (Å²) in [6.45, 7) is 1.94. The highest BCUT2D eigenvalue weighted by molar-refractivity contribution is 7.91. The van der Waals surface area contributed by atoms with Crippen molar-refractivity contribution in [2.45, 2.75) is 30.1 Å². The van der Waals surface area contributed by atoms with Gasteiger partial charge in [0.15, 0.2) is 15.2 Å². The van der Waals surface area contributed by atoms with Crippen molar-refractivity contribution in [2.75, 3.05) is 25.5 Å². The lowest BCUT2D eigenvalue weighted by molar-refractivity contribution is 0.0163. The number of rotatable bonds is 7. The highest BCUT2D eigenvalue weighted by Crippen LogP contribution is 2.37. The van der Waals surface area contributed by atoms with Gasteiger partial charge < -0.3 is 19.6 Å². The summed E-state index contributed by atoms with van der Waals surface area (Å²) in [5.74, 6) is -0.597. The van der Waals surface area contributed by atoms with Crippen LogP contribution in [0.1, 0.15) is 51.0 Å². The number of nitrogens with zero attached hydrogens (tertiary/aromatic N) is 4. The second kappa shape index (κ2) is 13.7. The number of carbonyl (C=O) groups is 1. The third-order valence-electron chi connectivity index (χ3n) is 7.57. The monoisotopic (exact) mass is 641 g/mol. The van der Waals surface area contributed by atoms with Gasteiger partial charge in [-0.2, -0.15) is 0 Å². The van der Waals surface area contributed by atoms with Gasteiger partial charge in [0.25, 0.3) is 5.91 Å². The zero-order chi connectivity index (χ0) is 28.4. The molecule has 6 rings (SSSR count). The first-order chi connectivity index (χ1) is 19.9. The molecule has 1 fully saturated rings. The Labute approximate surface area is 263 Å². The van der Waals surface area contributed by atoms with Crippen LogP contribution < -0.4 is 5.32 Å². The third-order valence-corrected chi connectivity index (χ3v) is 9.42. The average Bonchev–Trinajstić information content (AvgIpc) is 3.49. The number of sulfone groups is 1. The van der Waals surface area contributed by atoms with Crippen LogP contribution in [0, 0.1) is 0 Å². The van der Waals surface area contributed by atoms with Crippen molar-refractivity contribution in [3.05, 3.63) is 119 Å². The Morgan fingerprint density at radius 3 is 2.44 bits per heavy atom. The van der Waals surface area contributed by atoms with Gasteiger partial charge in [0.2, 0.25) is 0 Å². The van der Waals surface area contributed by atoms with E-state index in [0.717, 1.165) is 37.1 Å². The quantitative estimate of drug-likeness (QED) is 0.216. The number of fused-ring (bicyclic) bond motifs is 1. The van der Waals surface area contributed by atoms with Crippen molar-refractivity contribution >= 4 is 52.0 Å². The molecule has 2 aromatic heterocycles. The van der Waals surface area contributed by atoms with Gasteiger partial charge >= 0.3 is 0 Å². The van der Waals surface area contributed by atoms with Crippen LogP contribution in [0.3, 0.4) is 0 Å². The van der Waals surface area contributed by atoms with E-state index in [4.69, 9.17) is 4.84 Å². The second-order valence-electron chi connectivity index (χ2n) is 10.5. The largest absolute Gasteiger partial charge is 0.392 e. The molecule has 1 unspecified atom stereocenters. The van der Waals surface area contributed by atoms with E-state index >= 15 is 0 Å². The van der Waals surface area contributed by atoms with Crippen LogP contribution in [0.4, 0.5) is 5.69 Å². The van der Waals surface area contributed by atoms with E-state index in [9.17, 15) is 13.2 Å². The lowest BCUT2D eigenvalue weighted by Gasteiger charge is -2.27. The number of pyridine rings is 1. The average molecular weight is 643 g/mol. The Morgan fingerprint density at radius 2 is 1.72 bits per heavy atom. The molecule has 9 nitrogen and oxygen atoms in total. The summed E-state index contributed by atoms with van der Waals surface area (Å²) in [5, 5.41) is 6.65. The molecule has 1 atom stereocenters. The molecule has 2 aliphatic heterocycles. The van der Waals surface area contributed by atoms with Crippen molar-refractivity contribution in [3.8, 4) is 0 Å². The zero-order valence-electron chi connectivity index (χ0n) is 23.5. The molecule has 4 aromatic rings. The maximum atomic E-state index is 13.4. The normalized spacial score (nSPS) is 18.2. The topological polar surface area (TPSA) is 106 Å². The number of likely N-dealkylation sites (tertiary alicyclic amines) is 1. The summed E-state index contributed by atoms with van der Waals surface area (Å²) in [7, 11) is -1.44. The number of aromatic nitrogens is 2. The zero-order valence-corrected chi connectivity index (χ0v) is 25.9. The molecule has 4 heterocycles. The molecule has 2 aliphatic rings. The molecule has 0 aliphatic carbocycles. The molecule has 0 saturated carbocycles. The fourth-order valence-electron chi connectivity index (χ4n) is 5.42. The third kappa shape index (κ3) is 6.94. The summed E-state index contributed by atoms with van der Waals surface area (Å²) in [5.41, 5.74) is 4.30. The van der Waals surface area contributed by atoms with Crippen molar-refractivity contribution in [1.82, 2.24) is 14.5 Å². The number of benzene rings is 2. The lowest BCUT2D eigenvalue weighted by atomic mass is 10.0. The van der Waals surface area contributed by atoms with Crippen LogP contribution in [-0.4, -0.2) is 60.7 Å². The second-order valence-corrected chi connectivity index (χ2v) is 12.5. The number of amides is 1. The first-order valence-corrected chi connectivity index (χ1v) is 15.3. The van der Waals surface area contributed by atoms with Crippen LogP contribution in [0.25, 0.3) is 0 Å². The van der Waals surface area contributed by atoms with Crippen LogP contribution in [0.2, 0.25) is 0 Å². The van der Waals surface area contributed by atoms with Crippen molar-refractivity contribution < 1.29 is 18.0 Å². The van der Waals surface area contributed by atoms with E-state index < -0.39 is 15.2 Å². The van der Waals surface area contributed by atoms with Gasteiger partial charge in [-0.05, 0) is 44.2 Å². The minimum absolute atomic E-state index is 0. The molecule has 1 N–H and O–H groups in total. The molecule has 226 valence electrons. The van der Waals surface area contributed by atoms with Crippen LogP contribution in [0.5, 0.6) is 0 Å². The number of piperidine rings is 1. The predicted octanol–water partition coefficient (Wildman–Crippen LogP) is 5.32. The number of oxime groups is 1. The van der Waals surface area contributed by atoms with E-state index in [1.54, 1.807) is 47.4 Å². The number of anilines is 1. The van der Waals surface area contributed by atoms with Gasteiger partial charge in [-0.25, -0.2) is 8.42 Å². The fourth-order valence-corrected chi connectivity index (χ4v) is 7.36. The van der Waals surface area contributed by atoms with E-state index in [1.165, 1.54) is 0 Å². The first-order valence-electron chi connectivity index (χ1n) is 13.6. The van der Waals surface area contributed by atoms with Gasteiger partial charge in [-0.15, -0.1) is 24.8 Å². The first kappa shape index (κ1) is 32.2. The summed E-state index contributed by atoms with van der Waals surface area (Å²) < 4.78 is 27.8. The van der Waals surface area contributed by atoms with E-state index in [0.29, 0.717) is 28.2 Å². The molecule has 0 bridgehead atoms. The highest BCUT2D eigenvalue weighted by atomic mass is 35.5. The van der Waals surface area contributed by atoms with Gasteiger partial charge in [0.05, 0.1) is 11.3 Å². The number of nitrogens with one attached hydrogen (secondary N) is 1. The standard InChI is InChI=1S/C31H31N5O4S.2ClH/c1-35-16-12-26(13-17-35)40-34-29(22-7-3-2-4-8-22)23-9-5-11-25(19-23)33-30(37)27-14-18-36-28(27)21-41(38,39)31(36)24-10-6-15-32-20-24;;/h2-11,14-15,18-20,26,31H,12-13,16-17,21H2,1H3,(H,33,37);2*1H/b34-29-;;. The maximum Gasteiger partial charge on any atom is 0.257 e. The van der Waals surface area contributed by atoms with E-state index in [2.05, 4.69) is 27.4 Å². The molecule has 0 radical (unpaired) electrons. The van der Waals surface area contributed by atoms with Crippen LogP contribution in [-0.2, 0) is 20.4 Å². The van der Waals surface area contributed by atoms with Gasteiger partial charge in [0, 0.05) is 59.8 Å². The summed E-state index contributed by atoms with van der Waals surface area (Å²) in [4.78, 5) is 25.8. The van der Waals surface area contributed by atoms with Crippen LogP contribution in [0.15, 0.2) is 96.5 Å². The minimum atomic E-state index is -3.54. The van der Waals surface area contributed by atoms with Crippen molar-refractivity contribution in [2.24, 2.45) is 5.16 Å². The molecular formula is C31H33Cl2N5O4S. The van der Waals surface area contributed by atoms with Crippen molar-refractivity contribution in [1.29, 1.82) is 0 Å². The van der Waals surface area contributed by atoms with E-state index in [-0.39, 0.29) is 42.6 Å². The highest BCUT2D eigenvalue weighted by Gasteiger charge is 2.40. The number of halogens is 2. The summed E-state index contributed by atoms with van der Waals surface area (Å²) in [6.07, 6.45) is 6.68. The molecular weight excluding hydrogens is 609 g/mol. The SMILES string of the molecule is CN1CCC(O/N=C(/c2ccccc2)c2cccc(NC(=O)c3ccn4c3CS(=O)(=O)C4c3cccnc3)c2)CC1.Cl.Cl. The molecule has 1 amide bonds. The Kier molecular flexibility index (Phi) is 10.3. The smallest absolute Gasteiger partial charge is 0.257 e. The number of hydrogen-bond donors (Lipinski definition) is 1. The lowest BCUT2D eigenvalue weighted by Crippen LogP contribution is -2.33. The fraction of sp³-hybridized carbons (Fsp3) is 0.258. The summed E-state index contributed by atoms with van der Waals surface area (Å²) >= 11 is 0. The van der Waals surface area contributed by atoms with Crippen LogP contribution >= 0.6 is 24.8 Å². The maximum absolute atomic E-state index is 13.4. The Hall–Kier alpha value is -3.70. The van der Waals surface area contributed by atoms with Crippen molar-refractivity contribution in [3.63, 3.8) is 0 Å². The van der Waals surface area contributed by atoms with Gasteiger partial charge in [-0.3, -0.25) is 9.78 Å². The number of hydrogen-bond acceptors (Lipinski definition) is 7. The molecule has 2 aromatic carbocycles. The molecule has 1 saturated heterocycles. The van der Waals surface area contributed by atoms with E-state index in [1.807, 2.05) is 48.5 Å². The Balaban J connectivity index is 0.00000212. The number of carbonyl (C=O) groups excluding carboxylic acids is 1.